The van der Waals surface area contributed by atoms with E-state index in [1.54, 1.807) is 7.11 Å². The number of aliphatic hydroxyl groups excluding tert-OH is 1. The lowest BCUT2D eigenvalue weighted by Gasteiger charge is -2.51. The monoisotopic (exact) mass is 280 g/mol. The highest BCUT2D eigenvalue weighted by molar-refractivity contribution is 6.02. The molecule has 4 heteroatoms. The zero-order chi connectivity index (χ0) is 14.9. The predicted octanol–water partition coefficient (Wildman–Crippen LogP) is 1.71. The molecule has 0 aromatic carbocycles. The number of Topliss-reactive ketones (excluding diaryl/α,β-unsaturated/α-hetero) is 1. The van der Waals surface area contributed by atoms with Crippen LogP contribution in [0.5, 0.6) is 0 Å². The second kappa shape index (κ2) is 4.15. The minimum Gasteiger partial charge on any atom is -0.389 e. The first kappa shape index (κ1) is 14.2. The van der Waals surface area contributed by atoms with Gasteiger partial charge in [-0.25, -0.2) is 0 Å². The molecule has 3 rings (SSSR count). The molecule has 1 aliphatic heterocycles. The van der Waals surface area contributed by atoms with Gasteiger partial charge in [0.1, 0.15) is 6.10 Å². The van der Waals surface area contributed by atoms with E-state index < -0.39 is 17.8 Å². The molecule has 0 aromatic rings. The smallest absolute Gasteiger partial charge is 0.190 e. The molecule has 0 spiro atoms. The van der Waals surface area contributed by atoms with Gasteiger partial charge < -0.3 is 14.6 Å². The Bertz CT molecular complexity index is 481. The molecular formula is C16H24O4. The first-order valence-electron chi connectivity index (χ1n) is 7.38. The fourth-order valence-corrected chi connectivity index (χ4v) is 4.77. The quantitative estimate of drug-likeness (QED) is 0.794. The molecular weight excluding hydrogens is 256 g/mol. The van der Waals surface area contributed by atoms with Crippen LogP contribution in [-0.4, -0.2) is 41.9 Å². The fourth-order valence-electron chi connectivity index (χ4n) is 4.77. The third-order valence-corrected chi connectivity index (χ3v) is 5.85. The molecule has 6 atom stereocenters. The molecule has 0 amide bonds. The number of aliphatic hydroxyl groups is 1. The number of ether oxygens (including phenoxy) is 2. The summed E-state index contributed by atoms with van der Waals surface area (Å²) in [5, 5.41) is 10.6. The first-order chi connectivity index (χ1) is 9.23. The third kappa shape index (κ3) is 1.56. The molecule has 1 N–H and O–H groups in total. The number of hydrogen-bond donors (Lipinski definition) is 1. The van der Waals surface area contributed by atoms with Crippen LogP contribution >= 0.6 is 0 Å². The van der Waals surface area contributed by atoms with E-state index in [2.05, 4.69) is 13.8 Å². The van der Waals surface area contributed by atoms with E-state index in [1.165, 1.54) is 0 Å². The molecule has 1 saturated carbocycles. The second-order valence-electron chi connectivity index (χ2n) is 7.25. The van der Waals surface area contributed by atoms with Gasteiger partial charge in [0.05, 0.1) is 17.8 Å². The Hall–Kier alpha value is -0.710. The summed E-state index contributed by atoms with van der Waals surface area (Å²) >= 11 is 0. The summed E-state index contributed by atoms with van der Waals surface area (Å²) in [5.41, 5.74) is -0.0331. The molecule has 1 saturated heterocycles. The Morgan fingerprint density at radius 2 is 2.05 bits per heavy atom. The number of carbonyl (C=O) groups excluding carboxylic acids is 1. The molecule has 0 radical (unpaired) electrons. The maximum Gasteiger partial charge on any atom is 0.190 e. The van der Waals surface area contributed by atoms with Gasteiger partial charge in [-0.3, -0.25) is 4.79 Å². The van der Waals surface area contributed by atoms with Gasteiger partial charge in [-0.2, -0.15) is 0 Å². The van der Waals surface area contributed by atoms with Crippen molar-refractivity contribution < 1.29 is 19.4 Å². The molecule has 1 heterocycles. The summed E-state index contributed by atoms with van der Waals surface area (Å²) < 4.78 is 11.3. The van der Waals surface area contributed by atoms with E-state index in [0.717, 1.165) is 12.0 Å². The van der Waals surface area contributed by atoms with Crippen LogP contribution in [0.3, 0.4) is 0 Å². The van der Waals surface area contributed by atoms with Crippen molar-refractivity contribution in [3.63, 3.8) is 0 Å². The highest BCUT2D eigenvalue weighted by Gasteiger charge is 2.67. The van der Waals surface area contributed by atoms with E-state index in [1.807, 2.05) is 19.9 Å². The van der Waals surface area contributed by atoms with Gasteiger partial charge in [0.15, 0.2) is 5.78 Å². The third-order valence-electron chi connectivity index (χ3n) is 5.85. The lowest BCUT2D eigenvalue weighted by atomic mass is 9.52. The van der Waals surface area contributed by atoms with Crippen molar-refractivity contribution in [2.75, 3.05) is 7.11 Å². The van der Waals surface area contributed by atoms with Crippen LogP contribution in [0.1, 0.15) is 34.1 Å². The highest BCUT2D eigenvalue weighted by atomic mass is 16.5. The summed E-state index contributed by atoms with van der Waals surface area (Å²) in [6.07, 6.45) is 1.39. The number of carbonyl (C=O) groups is 1. The van der Waals surface area contributed by atoms with Gasteiger partial charge in [0.25, 0.3) is 0 Å². The van der Waals surface area contributed by atoms with Crippen molar-refractivity contribution >= 4 is 5.78 Å². The lowest BCUT2D eigenvalue weighted by molar-refractivity contribution is -0.134. The molecule has 4 nitrogen and oxygen atoms in total. The first-order valence-corrected chi connectivity index (χ1v) is 7.38. The molecule has 2 fully saturated rings. The Morgan fingerprint density at radius 3 is 2.65 bits per heavy atom. The summed E-state index contributed by atoms with van der Waals surface area (Å²) in [6, 6.07) is 0. The summed E-state index contributed by atoms with van der Waals surface area (Å²) in [7, 11) is 1.67. The Kier molecular flexibility index (Phi) is 2.96. The van der Waals surface area contributed by atoms with Crippen LogP contribution in [0.2, 0.25) is 0 Å². The number of methoxy groups -OCH3 is 1. The van der Waals surface area contributed by atoms with Crippen LogP contribution in [0, 0.1) is 17.3 Å². The predicted molar refractivity (Wildman–Crippen MR) is 74.2 cm³/mol. The van der Waals surface area contributed by atoms with E-state index in [4.69, 9.17) is 9.47 Å². The summed E-state index contributed by atoms with van der Waals surface area (Å²) in [4.78, 5) is 12.7. The van der Waals surface area contributed by atoms with Crippen LogP contribution < -0.4 is 0 Å². The molecule has 112 valence electrons. The summed E-state index contributed by atoms with van der Waals surface area (Å²) in [5.74, 6) is 0.144. The van der Waals surface area contributed by atoms with Crippen molar-refractivity contribution in [2.45, 2.75) is 58.0 Å². The minimum atomic E-state index is -0.711. The zero-order valence-electron chi connectivity index (χ0n) is 12.8. The van der Waals surface area contributed by atoms with E-state index in [9.17, 15) is 9.90 Å². The summed E-state index contributed by atoms with van der Waals surface area (Å²) in [6.45, 7) is 8.22. The topological polar surface area (TPSA) is 55.8 Å². The largest absolute Gasteiger partial charge is 0.389 e. The average molecular weight is 280 g/mol. The fraction of sp³-hybridized carbons (Fsp3) is 0.812. The van der Waals surface area contributed by atoms with Crippen LogP contribution in [-0.2, 0) is 14.3 Å². The molecule has 2 bridgehead atoms. The van der Waals surface area contributed by atoms with E-state index in [-0.39, 0.29) is 29.1 Å². The van der Waals surface area contributed by atoms with E-state index >= 15 is 0 Å². The number of hydrogen-bond acceptors (Lipinski definition) is 4. The molecule has 3 aliphatic rings. The van der Waals surface area contributed by atoms with Crippen LogP contribution in [0.15, 0.2) is 11.6 Å². The van der Waals surface area contributed by atoms with Gasteiger partial charge in [-0.05, 0) is 32.3 Å². The van der Waals surface area contributed by atoms with Crippen molar-refractivity contribution in [1.29, 1.82) is 0 Å². The molecule has 6 unspecified atom stereocenters. The van der Waals surface area contributed by atoms with Crippen molar-refractivity contribution in [1.82, 2.24) is 0 Å². The zero-order valence-corrected chi connectivity index (χ0v) is 12.8. The maximum absolute atomic E-state index is 12.7. The lowest BCUT2D eigenvalue weighted by Crippen LogP contribution is -2.56. The Balaban J connectivity index is 2.17. The van der Waals surface area contributed by atoms with Gasteiger partial charge >= 0.3 is 0 Å². The van der Waals surface area contributed by atoms with Crippen molar-refractivity contribution in [3.8, 4) is 0 Å². The van der Waals surface area contributed by atoms with Crippen LogP contribution in [0.25, 0.3) is 0 Å². The Morgan fingerprint density at radius 1 is 1.40 bits per heavy atom. The van der Waals surface area contributed by atoms with Gasteiger partial charge in [0, 0.05) is 24.0 Å². The second-order valence-corrected chi connectivity index (χ2v) is 7.25. The Labute approximate surface area is 120 Å². The van der Waals surface area contributed by atoms with Gasteiger partial charge in [-0.1, -0.05) is 13.8 Å². The van der Waals surface area contributed by atoms with Gasteiger partial charge in [0.2, 0.25) is 0 Å². The number of rotatable bonds is 1. The average Bonchev–Trinajstić information content (AvgIpc) is 2.57. The molecule has 2 aliphatic carbocycles. The maximum atomic E-state index is 12.7. The standard InChI is InChI=1S/C16H24O4/c1-8-6-9(19-5)7-10-11(17)13-12(18)14(16(8,10)4)15(2,3)20-13/h7-9,12-14,18H,6H2,1-5H3. The number of ketones is 1. The highest BCUT2D eigenvalue weighted by Crippen LogP contribution is 2.60. The molecule has 20 heavy (non-hydrogen) atoms. The minimum absolute atomic E-state index is 0.0187. The number of fused-ring (bicyclic) bond motifs is 4. The van der Waals surface area contributed by atoms with Crippen molar-refractivity contribution in [2.24, 2.45) is 17.3 Å². The van der Waals surface area contributed by atoms with Gasteiger partial charge in [-0.15, -0.1) is 0 Å². The SMILES string of the molecule is COC1C=C2C(=O)C3OC(C)(C)C(C3O)C2(C)C(C)C1. The van der Waals surface area contributed by atoms with Crippen molar-refractivity contribution in [3.05, 3.63) is 11.6 Å². The van der Waals surface area contributed by atoms with Crippen LogP contribution in [0.4, 0.5) is 0 Å². The normalized spacial score (nSPS) is 49.8. The molecule has 0 aromatic heterocycles. The van der Waals surface area contributed by atoms with E-state index in [0.29, 0.717) is 0 Å².